The Morgan fingerprint density at radius 2 is 1.60 bits per heavy atom. The molecule has 0 spiro atoms. The summed E-state index contributed by atoms with van der Waals surface area (Å²) in [6.07, 6.45) is 2.47. The third-order valence-electron chi connectivity index (χ3n) is 13.1. The van der Waals surface area contributed by atoms with Crippen LogP contribution >= 0.6 is 11.8 Å². The number of nitrogens with two attached hydrogens (primary N) is 2. The van der Waals surface area contributed by atoms with E-state index in [9.17, 15) is 43.8 Å². The van der Waals surface area contributed by atoms with Gasteiger partial charge in [-0.05, 0) is 62.1 Å². The molecular formula is C45H69N11O11S. The van der Waals surface area contributed by atoms with E-state index in [4.69, 9.17) is 16.2 Å². The Kier molecular flexibility index (Phi) is 19.6. The van der Waals surface area contributed by atoms with Gasteiger partial charge in [-0.15, -0.1) is 11.8 Å². The number of aliphatic hydroxyl groups is 2. The third kappa shape index (κ3) is 13.3. The number of nitrogens with zero attached hydrogens (tertiary/aromatic N) is 1. The number of unbranched alkanes of at least 4 members (excludes halogenated alkanes) is 3. The lowest BCUT2D eigenvalue weighted by atomic mass is 9.90. The highest BCUT2D eigenvalue weighted by molar-refractivity contribution is 7.98. The molecule has 1 aromatic carbocycles. The molecule has 4 aliphatic rings. The number of hydrogen-bond donors (Lipinski definition) is 12. The van der Waals surface area contributed by atoms with Gasteiger partial charge in [-0.2, -0.15) is 0 Å². The van der Waals surface area contributed by atoms with E-state index in [1.165, 1.54) is 11.8 Å². The monoisotopic (exact) mass is 971 g/mol. The molecule has 9 unspecified atom stereocenters. The van der Waals surface area contributed by atoms with Crippen LogP contribution in [0.5, 0.6) is 5.75 Å². The Hall–Kier alpha value is -5.33. The lowest BCUT2D eigenvalue weighted by Crippen LogP contribution is -2.69. The van der Waals surface area contributed by atoms with E-state index in [2.05, 4.69) is 42.2 Å². The Morgan fingerprint density at radius 3 is 2.29 bits per heavy atom. The molecule has 6 rings (SSSR count). The number of aromatic amines is 1. The fourth-order valence-electron chi connectivity index (χ4n) is 9.05. The second kappa shape index (κ2) is 24.8. The second-order valence-electron chi connectivity index (χ2n) is 17.9. The van der Waals surface area contributed by atoms with Crippen LogP contribution in [-0.2, 0) is 44.8 Å². The summed E-state index contributed by atoms with van der Waals surface area (Å²) in [6, 6.07) is -0.267. The number of aromatic nitrogens is 1. The number of fused-ring (bicyclic) bond motifs is 1. The van der Waals surface area contributed by atoms with Gasteiger partial charge in [-0.25, -0.2) is 4.90 Å². The quantitative estimate of drug-likeness (QED) is 0.0728. The normalized spacial score (nSPS) is 26.5. The minimum absolute atomic E-state index is 0.0133. The number of aliphatic hydroxyl groups excluding tert-OH is 2. The van der Waals surface area contributed by atoms with Gasteiger partial charge in [-0.1, -0.05) is 40.0 Å². The molecule has 2 fully saturated rings. The molecule has 7 amide bonds. The summed E-state index contributed by atoms with van der Waals surface area (Å²) in [5.41, 5.74) is 10.8. The van der Waals surface area contributed by atoms with Crippen molar-refractivity contribution in [3.05, 3.63) is 23.8 Å². The van der Waals surface area contributed by atoms with E-state index in [1.54, 1.807) is 43.9 Å². The number of benzene rings is 1. The van der Waals surface area contributed by atoms with Crippen LogP contribution in [-0.4, -0.2) is 155 Å². The zero-order valence-corrected chi connectivity index (χ0v) is 40.1. The first-order valence-corrected chi connectivity index (χ1v) is 24.6. The van der Waals surface area contributed by atoms with Crippen LogP contribution in [0.2, 0.25) is 0 Å². The van der Waals surface area contributed by atoms with E-state index >= 15 is 4.79 Å². The van der Waals surface area contributed by atoms with Gasteiger partial charge in [-0.3, -0.25) is 43.7 Å². The molecule has 4 aliphatic heterocycles. The molecule has 9 atom stereocenters. The summed E-state index contributed by atoms with van der Waals surface area (Å²) in [7, 11) is 0. The maximum atomic E-state index is 15.7. The molecule has 0 aliphatic carbocycles. The molecule has 0 saturated carbocycles. The summed E-state index contributed by atoms with van der Waals surface area (Å²) in [5, 5.41) is 41.5. The average Bonchev–Trinajstić information content (AvgIpc) is 3.94. The van der Waals surface area contributed by atoms with Gasteiger partial charge < -0.3 is 63.3 Å². The molecule has 6 bridgehead atoms. The number of H-pyrrole nitrogens is 1. The molecule has 14 N–H and O–H groups in total. The molecule has 2 saturated heterocycles. The van der Waals surface area contributed by atoms with Crippen molar-refractivity contribution in [2.45, 2.75) is 132 Å². The number of thioether (sulfide) groups is 1. The van der Waals surface area contributed by atoms with Crippen LogP contribution in [0.15, 0.2) is 23.2 Å². The highest BCUT2D eigenvalue weighted by atomic mass is 32.2. The highest BCUT2D eigenvalue weighted by Gasteiger charge is 2.54. The number of primary amides is 1. The molecule has 68 heavy (non-hydrogen) atoms. The number of Topliss-reactive ketones (excluding diaryl/α,β-unsaturated/α-hetero) is 1. The van der Waals surface area contributed by atoms with Crippen molar-refractivity contribution >= 4 is 69.8 Å². The zero-order chi connectivity index (χ0) is 49.7. The van der Waals surface area contributed by atoms with Crippen molar-refractivity contribution in [2.75, 3.05) is 45.6 Å². The second-order valence-corrected chi connectivity index (χ2v) is 18.7. The van der Waals surface area contributed by atoms with Gasteiger partial charge in [0.25, 0.3) is 0 Å². The summed E-state index contributed by atoms with van der Waals surface area (Å²) < 4.78 is 7.03. The summed E-state index contributed by atoms with van der Waals surface area (Å²) in [6.45, 7) is 3.15. The molecule has 22 nitrogen and oxygen atoms in total. The van der Waals surface area contributed by atoms with Gasteiger partial charge in [0.15, 0.2) is 0 Å². The molecule has 23 heteroatoms. The predicted octanol–water partition coefficient (Wildman–Crippen LogP) is -1.89. The average molecular weight is 972 g/mol. The van der Waals surface area contributed by atoms with E-state index in [0.29, 0.717) is 66.6 Å². The zero-order valence-electron chi connectivity index (χ0n) is 39.2. The number of nitrogens with one attached hydrogen (secondary N) is 8. The van der Waals surface area contributed by atoms with Crippen LogP contribution in [0.1, 0.15) is 84.1 Å². The van der Waals surface area contributed by atoms with Gasteiger partial charge in [0.2, 0.25) is 52.9 Å². The van der Waals surface area contributed by atoms with Crippen molar-refractivity contribution in [1.82, 2.24) is 47.1 Å². The SMILES string of the molecule is CCC(C)C1NC(=O)CNC(=O)C2Cc3c(SC)[nH]c4cc(ccc34)OC(CCCCCCN)(C(=O)C(CC(N)=O)NC(=O)CNC(=O)CNC1=O)N1CCCC1NC(C(C)C(O)CO)C(=O)N2. The summed E-state index contributed by atoms with van der Waals surface area (Å²) in [5.74, 6) is -7.43. The number of rotatable bonds is 14. The van der Waals surface area contributed by atoms with E-state index in [1.807, 2.05) is 6.26 Å². The predicted molar refractivity (Wildman–Crippen MR) is 251 cm³/mol. The molecule has 0 radical (unpaired) electrons. The number of ether oxygens (including phenoxy) is 1. The van der Waals surface area contributed by atoms with Gasteiger partial charge >= 0.3 is 0 Å². The van der Waals surface area contributed by atoms with Crippen molar-refractivity contribution in [2.24, 2.45) is 23.3 Å². The number of ketones is 1. The number of carbonyl (C=O) groups is 8. The van der Waals surface area contributed by atoms with Crippen molar-refractivity contribution in [3.8, 4) is 5.75 Å². The first-order valence-electron chi connectivity index (χ1n) is 23.4. The number of amides is 7. The number of carbonyl (C=O) groups excluding carboxylic acids is 8. The summed E-state index contributed by atoms with van der Waals surface area (Å²) in [4.78, 5) is 116. The topological polar surface area (TPSA) is 342 Å². The molecule has 1 aromatic heterocycles. The van der Waals surface area contributed by atoms with Crippen LogP contribution in [0, 0.1) is 11.8 Å². The van der Waals surface area contributed by atoms with E-state index in [0.717, 1.165) is 6.42 Å². The van der Waals surface area contributed by atoms with E-state index in [-0.39, 0.29) is 25.1 Å². The number of hydrogen-bond acceptors (Lipinski definition) is 15. The Morgan fingerprint density at radius 1 is 0.912 bits per heavy atom. The van der Waals surface area contributed by atoms with E-state index < -0.39 is 134 Å². The van der Waals surface area contributed by atoms with Crippen molar-refractivity contribution < 1.29 is 53.3 Å². The van der Waals surface area contributed by atoms with Gasteiger partial charge in [0.05, 0.1) is 61.5 Å². The Balaban J connectivity index is 1.75. The van der Waals surface area contributed by atoms with Crippen LogP contribution < -0.4 is 53.4 Å². The first kappa shape index (κ1) is 53.6. The maximum absolute atomic E-state index is 15.7. The molecule has 376 valence electrons. The molecule has 2 aromatic rings. The first-order chi connectivity index (χ1) is 32.5. The minimum atomic E-state index is -1.98. The van der Waals surface area contributed by atoms with Crippen molar-refractivity contribution in [3.63, 3.8) is 0 Å². The summed E-state index contributed by atoms with van der Waals surface area (Å²) >= 11 is 1.34. The lowest BCUT2D eigenvalue weighted by Gasteiger charge is -2.46. The van der Waals surface area contributed by atoms with Gasteiger partial charge in [0, 0.05) is 36.8 Å². The fourth-order valence-corrected chi connectivity index (χ4v) is 9.70. The van der Waals surface area contributed by atoms with Crippen molar-refractivity contribution in [1.29, 1.82) is 0 Å². The van der Waals surface area contributed by atoms with Gasteiger partial charge in [0.1, 0.15) is 23.9 Å². The smallest absolute Gasteiger partial charge is 0.243 e. The third-order valence-corrected chi connectivity index (χ3v) is 13.8. The van der Waals surface area contributed by atoms with Crippen LogP contribution in [0.4, 0.5) is 0 Å². The highest BCUT2D eigenvalue weighted by Crippen LogP contribution is 2.39. The Bertz CT molecular complexity index is 2160. The fraction of sp³-hybridized carbons (Fsp3) is 0.644. The Labute approximate surface area is 399 Å². The van der Waals surface area contributed by atoms with Crippen LogP contribution in [0.3, 0.4) is 0 Å². The standard InChI is InChI=1S/C45H69N11O11S/c1-5-24(2)38-42(65)50-20-35(60)48-21-36(61)51-30(19-33(47)59)40(63)45(14-8-6-7-9-15-46)56-16-10-11-34(56)54-39(25(3)32(58)23-57)43(66)52-31(41(64)49-22-37(62)55-38)18-28-27-13-12-26(67-45)17-29(27)53-44(28)68-4/h12-13,17,24-25,30-32,34,38-39,53-54,57-58H,5-11,14-16,18-23,46H2,1-4H3,(H2,47,59)(H,48,60)(H,49,64)(H,50,65)(H,51,61)(H,52,66)(H,55,62). The van der Waals surface area contributed by atoms with Crippen LogP contribution in [0.25, 0.3) is 10.9 Å². The minimum Gasteiger partial charge on any atom is -0.465 e. The largest absolute Gasteiger partial charge is 0.465 e. The lowest BCUT2D eigenvalue weighted by molar-refractivity contribution is -0.165. The molecule has 5 heterocycles. The maximum Gasteiger partial charge on any atom is 0.243 e. The molecular weight excluding hydrogens is 903 g/mol.